The van der Waals surface area contributed by atoms with Gasteiger partial charge in [0.25, 0.3) is 0 Å². The van der Waals surface area contributed by atoms with Crippen LogP contribution in [-0.2, 0) is 4.79 Å². The molecule has 21 heavy (non-hydrogen) atoms. The lowest BCUT2D eigenvalue weighted by atomic mass is 9.99. The third-order valence-electron chi connectivity index (χ3n) is 3.99. The van der Waals surface area contributed by atoms with Gasteiger partial charge in [-0.2, -0.15) is 0 Å². The van der Waals surface area contributed by atoms with E-state index in [1.165, 1.54) is 19.3 Å². The van der Waals surface area contributed by atoms with Crippen LogP contribution in [0.1, 0.15) is 57.4 Å². The van der Waals surface area contributed by atoms with Crippen LogP contribution in [-0.4, -0.2) is 23.4 Å². The van der Waals surface area contributed by atoms with Crippen molar-refractivity contribution < 1.29 is 10.0 Å². The van der Waals surface area contributed by atoms with E-state index in [4.69, 9.17) is 5.21 Å². The molecule has 0 unspecified atom stereocenters. The number of carbonyl (C=O) groups excluding carboxylic acids is 1. The Labute approximate surface area is 126 Å². The number of rotatable bonds is 6. The maximum atomic E-state index is 12.4. The van der Waals surface area contributed by atoms with Crippen LogP contribution >= 0.6 is 0 Å². The van der Waals surface area contributed by atoms with Crippen molar-refractivity contribution in [3.8, 4) is 0 Å². The Morgan fingerprint density at radius 3 is 2.76 bits per heavy atom. The van der Waals surface area contributed by atoms with E-state index < -0.39 is 0 Å². The summed E-state index contributed by atoms with van der Waals surface area (Å²) in [6.07, 6.45) is 6.96. The summed E-state index contributed by atoms with van der Waals surface area (Å²) >= 11 is 0. The van der Waals surface area contributed by atoms with Gasteiger partial charge in [0, 0.05) is 24.9 Å². The van der Waals surface area contributed by atoms with Gasteiger partial charge in [-0.05, 0) is 12.5 Å². The molecule has 1 aliphatic rings. The molecule has 2 rings (SSSR count). The van der Waals surface area contributed by atoms with Crippen LogP contribution < -0.4 is 4.90 Å². The minimum Gasteiger partial charge on any atom is -0.411 e. The molecule has 4 heteroatoms. The Morgan fingerprint density at radius 2 is 2.00 bits per heavy atom. The van der Waals surface area contributed by atoms with Gasteiger partial charge in [-0.1, -0.05) is 56.0 Å². The molecular formula is C17H24N2O2. The molecule has 0 spiro atoms. The molecule has 4 nitrogen and oxygen atoms in total. The SMILES string of the molecule is CCCCCCCC(=O)N1CCC(=NO)c2ccccc21. The topological polar surface area (TPSA) is 52.9 Å². The number of amides is 1. The lowest BCUT2D eigenvalue weighted by Gasteiger charge is -2.29. The van der Waals surface area contributed by atoms with Gasteiger partial charge in [-0.25, -0.2) is 0 Å². The zero-order chi connectivity index (χ0) is 15.1. The van der Waals surface area contributed by atoms with Crippen molar-refractivity contribution in [2.45, 2.75) is 51.9 Å². The van der Waals surface area contributed by atoms with Crippen LogP contribution in [0.5, 0.6) is 0 Å². The summed E-state index contributed by atoms with van der Waals surface area (Å²) in [5.74, 6) is 0.177. The Morgan fingerprint density at radius 1 is 1.24 bits per heavy atom. The largest absolute Gasteiger partial charge is 0.411 e. The monoisotopic (exact) mass is 288 g/mol. The number of benzene rings is 1. The van der Waals surface area contributed by atoms with Crippen molar-refractivity contribution in [2.75, 3.05) is 11.4 Å². The lowest BCUT2D eigenvalue weighted by molar-refractivity contribution is -0.118. The maximum Gasteiger partial charge on any atom is 0.227 e. The first-order valence-electron chi connectivity index (χ1n) is 7.88. The van der Waals surface area contributed by atoms with Gasteiger partial charge in [0.05, 0.1) is 11.4 Å². The van der Waals surface area contributed by atoms with Crippen molar-refractivity contribution in [1.29, 1.82) is 0 Å². The molecule has 1 heterocycles. The second kappa shape index (κ2) is 7.81. The zero-order valence-corrected chi connectivity index (χ0v) is 12.7. The van der Waals surface area contributed by atoms with Crippen molar-refractivity contribution in [3.63, 3.8) is 0 Å². The molecule has 1 aromatic rings. The normalized spacial score (nSPS) is 16.0. The number of oxime groups is 1. The molecule has 0 saturated carbocycles. The number of hydrogen-bond acceptors (Lipinski definition) is 3. The summed E-state index contributed by atoms with van der Waals surface area (Å²) in [7, 11) is 0. The molecule has 1 N–H and O–H groups in total. The number of fused-ring (bicyclic) bond motifs is 1. The van der Waals surface area contributed by atoms with Gasteiger partial charge in [0.2, 0.25) is 5.91 Å². The van der Waals surface area contributed by atoms with Crippen LogP contribution in [0.2, 0.25) is 0 Å². The fraction of sp³-hybridized carbons (Fsp3) is 0.529. The molecule has 0 aliphatic carbocycles. The standard InChI is InChI=1S/C17H24N2O2/c1-2-3-4-5-6-11-17(20)19-13-12-15(18-21)14-9-7-8-10-16(14)19/h7-10,21H,2-6,11-13H2,1H3. The van der Waals surface area contributed by atoms with E-state index in [2.05, 4.69) is 12.1 Å². The minimum absolute atomic E-state index is 0.177. The summed E-state index contributed by atoms with van der Waals surface area (Å²) < 4.78 is 0. The van der Waals surface area contributed by atoms with Gasteiger partial charge in [-0.3, -0.25) is 4.79 Å². The molecule has 1 aliphatic heterocycles. The average Bonchev–Trinajstić information content (AvgIpc) is 2.53. The molecule has 114 valence electrons. The molecule has 0 bridgehead atoms. The molecular weight excluding hydrogens is 264 g/mol. The third kappa shape index (κ3) is 3.84. The Hall–Kier alpha value is -1.84. The predicted molar refractivity (Wildman–Crippen MR) is 85.1 cm³/mol. The minimum atomic E-state index is 0.177. The first kappa shape index (κ1) is 15.5. The van der Waals surface area contributed by atoms with Gasteiger partial charge < -0.3 is 10.1 Å². The van der Waals surface area contributed by atoms with E-state index >= 15 is 0 Å². The first-order valence-corrected chi connectivity index (χ1v) is 7.88. The second-order valence-electron chi connectivity index (χ2n) is 5.52. The van der Waals surface area contributed by atoms with Crippen molar-refractivity contribution in [1.82, 2.24) is 0 Å². The van der Waals surface area contributed by atoms with Crippen LogP contribution in [0.3, 0.4) is 0 Å². The highest BCUT2D eigenvalue weighted by molar-refractivity contribution is 6.11. The van der Waals surface area contributed by atoms with Gasteiger partial charge in [0.1, 0.15) is 0 Å². The van der Waals surface area contributed by atoms with E-state index in [1.54, 1.807) is 0 Å². The van der Waals surface area contributed by atoms with Crippen LogP contribution in [0.15, 0.2) is 29.4 Å². The summed E-state index contributed by atoms with van der Waals surface area (Å²) in [5.41, 5.74) is 2.40. The molecule has 0 aromatic heterocycles. The second-order valence-corrected chi connectivity index (χ2v) is 5.52. The van der Waals surface area contributed by atoms with Gasteiger partial charge >= 0.3 is 0 Å². The Bertz CT molecular complexity index is 511. The molecule has 0 atom stereocenters. The number of unbranched alkanes of at least 4 members (excludes halogenated alkanes) is 4. The molecule has 0 radical (unpaired) electrons. The quantitative estimate of drug-likeness (QED) is 0.489. The van der Waals surface area contributed by atoms with Gasteiger partial charge in [0.15, 0.2) is 0 Å². The molecule has 0 saturated heterocycles. The highest BCUT2D eigenvalue weighted by atomic mass is 16.4. The van der Waals surface area contributed by atoms with Crippen molar-refractivity contribution in [2.24, 2.45) is 5.16 Å². The van der Waals surface area contributed by atoms with E-state index in [-0.39, 0.29) is 5.91 Å². The summed E-state index contributed by atoms with van der Waals surface area (Å²) in [6, 6.07) is 7.66. The zero-order valence-electron chi connectivity index (χ0n) is 12.7. The fourth-order valence-corrected chi connectivity index (χ4v) is 2.80. The Kier molecular flexibility index (Phi) is 5.78. The number of carbonyl (C=O) groups is 1. The smallest absolute Gasteiger partial charge is 0.227 e. The highest BCUT2D eigenvalue weighted by Gasteiger charge is 2.25. The van der Waals surface area contributed by atoms with Crippen LogP contribution in [0, 0.1) is 0 Å². The lowest BCUT2D eigenvalue weighted by Crippen LogP contribution is -2.37. The summed E-state index contributed by atoms with van der Waals surface area (Å²) in [6.45, 7) is 2.79. The summed E-state index contributed by atoms with van der Waals surface area (Å²) in [5, 5.41) is 12.4. The van der Waals surface area contributed by atoms with E-state index in [1.807, 2.05) is 29.2 Å². The molecule has 0 fully saturated rings. The number of para-hydroxylation sites is 1. The first-order chi connectivity index (χ1) is 10.3. The summed E-state index contributed by atoms with van der Waals surface area (Å²) in [4.78, 5) is 14.2. The Balaban J connectivity index is 1.99. The van der Waals surface area contributed by atoms with Crippen molar-refractivity contribution in [3.05, 3.63) is 29.8 Å². The van der Waals surface area contributed by atoms with Crippen LogP contribution in [0.4, 0.5) is 5.69 Å². The van der Waals surface area contributed by atoms with Crippen LogP contribution in [0.25, 0.3) is 0 Å². The fourth-order valence-electron chi connectivity index (χ4n) is 2.80. The van der Waals surface area contributed by atoms with E-state index in [0.29, 0.717) is 25.1 Å². The van der Waals surface area contributed by atoms with E-state index in [0.717, 1.165) is 24.1 Å². The average molecular weight is 288 g/mol. The number of hydrogen-bond donors (Lipinski definition) is 1. The van der Waals surface area contributed by atoms with E-state index in [9.17, 15) is 4.79 Å². The maximum absolute atomic E-state index is 12.4. The van der Waals surface area contributed by atoms with Crippen molar-refractivity contribution >= 4 is 17.3 Å². The third-order valence-corrected chi connectivity index (χ3v) is 3.99. The predicted octanol–water partition coefficient (Wildman–Crippen LogP) is 3.96. The number of nitrogens with zero attached hydrogens (tertiary/aromatic N) is 2. The molecule has 1 aromatic carbocycles. The molecule has 1 amide bonds. The van der Waals surface area contributed by atoms with Gasteiger partial charge in [-0.15, -0.1) is 0 Å². The highest BCUT2D eigenvalue weighted by Crippen LogP contribution is 2.28. The number of anilines is 1.